The first kappa shape index (κ1) is 13.1. The Labute approximate surface area is 112 Å². The van der Waals surface area contributed by atoms with Crippen molar-refractivity contribution in [3.8, 4) is 0 Å². The van der Waals surface area contributed by atoms with Crippen LogP contribution < -0.4 is 0 Å². The van der Waals surface area contributed by atoms with E-state index in [4.69, 9.17) is 0 Å². The summed E-state index contributed by atoms with van der Waals surface area (Å²) < 4.78 is 13.1. The molecule has 1 aromatic carbocycles. The molecule has 0 saturated heterocycles. The van der Waals surface area contributed by atoms with Gasteiger partial charge in [0.25, 0.3) is 0 Å². The zero-order valence-electron chi connectivity index (χ0n) is 10.2. The maximum atomic E-state index is 13.1. The van der Waals surface area contributed by atoms with Gasteiger partial charge in [-0.15, -0.1) is 0 Å². The lowest BCUT2D eigenvalue weighted by Gasteiger charge is -2.18. The minimum atomic E-state index is -0.114. The fraction of sp³-hybridized carbons (Fsp3) is 0.600. The Morgan fingerprint density at radius 1 is 1.29 bits per heavy atom. The number of benzene rings is 1. The van der Waals surface area contributed by atoms with Gasteiger partial charge < -0.3 is 0 Å². The van der Waals surface area contributed by atoms with Gasteiger partial charge >= 0.3 is 0 Å². The van der Waals surface area contributed by atoms with E-state index in [2.05, 4.69) is 15.9 Å². The SMILES string of the molecule is Fc1cccc(CC(CBr)CC2CCCC2)c1. The van der Waals surface area contributed by atoms with Gasteiger partial charge in [-0.05, 0) is 42.4 Å². The molecule has 0 heterocycles. The van der Waals surface area contributed by atoms with Crippen LogP contribution in [0.1, 0.15) is 37.7 Å². The second kappa shape index (κ2) is 6.53. The third-order valence-corrected chi connectivity index (χ3v) is 4.69. The summed E-state index contributed by atoms with van der Waals surface area (Å²) in [7, 11) is 0. The first-order chi connectivity index (χ1) is 8.28. The summed E-state index contributed by atoms with van der Waals surface area (Å²) in [5.41, 5.74) is 1.13. The van der Waals surface area contributed by atoms with E-state index in [1.165, 1.54) is 38.2 Å². The fourth-order valence-electron chi connectivity index (χ4n) is 2.92. The maximum Gasteiger partial charge on any atom is 0.123 e. The van der Waals surface area contributed by atoms with Crippen molar-refractivity contribution in [1.29, 1.82) is 0 Å². The highest BCUT2D eigenvalue weighted by molar-refractivity contribution is 9.09. The van der Waals surface area contributed by atoms with Crippen LogP contribution in [-0.4, -0.2) is 5.33 Å². The molecule has 0 aliphatic heterocycles. The molecule has 1 atom stereocenters. The summed E-state index contributed by atoms with van der Waals surface area (Å²) in [6.45, 7) is 0. The first-order valence-electron chi connectivity index (χ1n) is 6.58. The van der Waals surface area contributed by atoms with Crippen LogP contribution in [0.2, 0.25) is 0 Å². The summed E-state index contributed by atoms with van der Waals surface area (Å²) in [4.78, 5) is 0. The zero-order valence-corrected chi connectivity index (χ0v) is 11.8. The molecule has 0 N–H and O–H groups in total. The number of halogens is 2. The topological polar surface area (TPSA) is 0 Å². The smallest absolute Gasteiger partial charge is 0.123 e. The molecule has 2 rings (SSSR count). The van der Waals surface area contributed by atoms with Crippen LogP contribution >= 0.6 is 15.9 Å². The average Bonchev–Trinajstić information content (AvgIpc) is 2.81. The molecule has 1 fully saturated rings. The molecule has 0 radical (unpaired) electrons. The molecule has 0 amide bonds. The lowest BCUT2D eigenvalue weighted by atomic mass is 9.90. The molecule has 1 aromatic rings. The van der Waals surface area contributed by atoms with E-state index in [0.717, 1.165) is 23.2 Å². The Morgan fingerprint density at radius 2 is 2.06 bits per heavy atom. The van der Waals surface area contributed by atoms with Gasteiger partial charge in [0, 0.05) is 5.33 Å². The number of rotatable bonds is 5. The molecule has 94 valence electrons. The summed E-state index contributed by atoms with van der Waals surface area (Å²) >= 11 is 3.61. The number of alkyl halides is 1. The fourth-order valence-corrected chi connectivity index (χ4v) is 3.41. The van der Waals surface area contributed by atoms with Gasteiger partial charge in [0.05, 0.1) is 0 Å². The molecule has 0 aromatic heterocycles. The second-order valence-corrected chi connectivity index (χ2v) is 5.89. The predicted octanol–water partition coefficient (Wildman–Crippen LogP) is 4.96. The van der Waals surface area contributed by atoms with Gasteiger partial charge in [-0.2, -0.15) is 0 Å². The summed E-state index contributed by atoms with van der Waals surface area (Å²) in [6, 6.07) is 7.03. The first-order valence-corrected chi connectivity index (χ1v) is 7.70. The highest BCUT2D eigenvalue weighted by Gasteiger charge is 2.19. The standard InChI is InChI=1S/C15H20BrF/c16-11-14(8-12-4-1-2-5-12)9-13-6-3-7-15(17)10-13/h3,6-7,10,12,14H,1-2,4-5,8-9,11H2. The van der Waals surface area contributed by atoms with Gasteiger partial charge in [0.1, 0.15) is 5.82 Å². The van der Waals surface area contributed by atoms with Gasteiger partial charge in [-0.25, -0.2) is 4.39 Å². The Balaban J connectivity index is 1.90. The van der Waals surface area contributed by atoms with Crippen LogP contribution in [0, 0.1) is 17.7 Å². The van der Waals surface area contributed by atoms with Crippen molar-refractivity contribution in [1.82, 2.24) is 0 Å². The van der Waals surface area contributed by atoms with E-state index in [0.29, 0.717) is 5.92 Å². The quantitative estimate of drug-likeness (QED) is 0.674. The zero-order chi connectivity index (χ0) is 12.1. The third-order valence-electron chi connectivity index (χ3n) is 3.77. The van der Waals surface area contributed by atoms with E-state index in [-0.39, 0.29) is 5.82 Å². The van der Waals surface area contributed by atoms with Crippen LogP contribution in [0.15, 0.2) is 24.3 Å². The van der Waals surface area contributed by atoms with Crippen molar-refractivity contribution in [2.75, 3.05) is 5.33 Å². The predicted molar refractivity (Wildman–Crippen MR) is 74.0 cm³/mol. The highest BCUT2D eigenvalue weighted by atomic mass is 79.9. The molecule has 0 spiro atoms. The lowest BCUT2D eigenvalue weighted by molar-refractivity contribution is 0.401. The molecule has 1 saturated carbocycles. The molecule has 1 aliphatic carbocycles. The maximum absolute atomic E-state index is 13.1. The Morgan fingerprint density at radius 3 is 2.71 bits per heavy atom. The minimum Gasteiger partial charge on any atom is -0.207 e. The Bertz CT molecular complexity index is 345. The molecule has 17 heavy (non-hydrogen) atoms. The molecule has 1 aliphatic rings. The lowest BCUT2D eigenvalue weighted by Crippen LogP contribution is -2.11. The van der Waals surface area contributed by atoms with Crippen molar-refractivity contribution in [3.05, 3.63) is 35.6 Å². The average molecular weight is 299 g/mol. The van der Waals surface area contributed by atoms with Crippen molar-refractivity contribution in [3.63, 3.8) is 0 Å². The van der Waals surface area contributed by atoms with Crippen LogP contribution in [0.25, 0.3) is 0 Å². The van der Waals surface area contributed by atoms with E-state index in [1.54, 1.807) is 6.07 Å². The molecule has 0 nitrogen and oxygen atoms in total. The molecule has 1 unspecified atom stereocenters. The Kier molecular flexibility index (Phi) is 5.02. The van der Waals surface area contributed by atoms with Crippen molar-refractivity contribution in [2.24, 2.45) is 11.8 Å². The molecule has 2 heteroatoms. The van der Waals surface area contributed by atoms with E-state index >= 15 is 0 Å². The van der Waals surface area contributed by atoms with E-state index < -0.39 is 0 Å². The monoisotopic (exact) mass is 298 g/mol. The second-order valence-electron chi connectivity index (χ2n) is 5.24. The van der Waals surface area contributed by atoms with Crippen LogP contribution in [-0.2, 0) is 6.42 Å². The van der Waals surface area contributed by atoms with E-state index in [1.807, 2.05) is 12.1 Å². The van der Waals surface area contributed by atoms with Crippen LogP contribution in [0.5, 0.6) is 0 Å². The third kappa shape index (κ3) is 4.09. The number of hydrogen-bond donors (Lipinski definition) is 0. The summed E-state index contributed by atoms with van der Waals surface area (Å²) in [5.74, 6) is 1.45. The largest absolute Gasteiger partial charge is 0.207 e. The van der Waals surface area contributed by atoms with Crippen LogP contribution in [0.3, 0.4) is 0 Å². The summed E-state index contributed by atoms with van der Waals surface area (Å²) in [6.07, 6.45) is 7.89. The number of hydrogen-bond acceptors (Lipinski definition) is 0. The van der Waals surface area contributed by atoms with Gasteiger partial charge in [-0.1, -0.05) is 53.7 Å². The Hall–Kier alpha value is -0.370. The van der Waals surface area contributed by atoms with Crippen molar-refractivity contribution >= 4 is 15.9 Å². The van der Waals surface area contributed by atoms with Crippen molar-refractivity contribution in [2.45, 2.75) is 38.5 Å². The minimum absolute atomic E-state index is 0.114. The normalized spacial score (nSPS) is 18.5. The molecular formula is C15H20BrF. The van der Waals surface area contributed by atoms with Crippen molar-refractivity contribution < 1.29 is 4.39 Å². The van der Waals surface area contributed by atoms with E-state index in [9.17, 15) is 4.39 Å². The van der Waals surface area contributed by atoms with Gasteiger partial charge in [-0.3, -0.25) is 0 Å². The van der Waals surface area contributed by atoms with Gasteiger partial charge in [0.2, 0.25) is 0 Å². The summed E-state index contributed by atoms with van der Waals surface area (Å²) in [5, 5.41) is 1.03. The molecule has 0 bridgehead atoms. The van der Waals surface area contributed by atoms with Gasteiger partial charge in [0.15, 0.2) is 0 Å². The highest BCUT2D eigenvalue weighted by Crippen LogP contribution is 2.32. The van der Waals surface area contributed by atoms with Crippen LogP contribution in [0.4, 0.5) is 4.39 Å². The molecular weight excluding hydrogens is 279 g/mol.